The summed E-state index contributed by atoms with van der Waals surface area (Å²) in [5.74, 6) is -1.98. The van der Waals surface area contributed by atoms with E-state index < -0.39 is 23.0 Å². The van der Waals surface area contributed by atoms with Crippen molar-refractivity contribution >= 4 is 5.78 Å². The Morgan fingerprint density at radius 3 is 2.76 bits per heavy atom. The number of carbonyl (C=O) groups is 1. The molecular formula is C13H15F2NO. The maximum absolute atomic E-state index is 13.6. The predicted octanol–water partition coefficient (Wildman–Crippen LogP) is 2.60. The third-order valence-corrected chi connectivity index (χ3v) is 2.93. The highest BCUT2D eigenvalue weighted by atomic mass is 19.1. The first-order valence-corrected chi connectivity index (χ1v) is 5.81. The lowest BCUT2D eigenvalue weighted by atomic mass is 10.0. The minimum absolute atomic E-state index is 0.133. The summed E-state index contributed by atoms with van der Waals surface area (Å²) in [4.78, 5) is 11.7. The van der Waals surface area contributed by atoms with Crippen molar-refractivity contribution in [2.45, 2.75) is 32.2 Å². The van der Waals surface area contributed by atoms with Gasteiger partial charge in [-0.25, -0.2) is 8.78 Å². The molecule has 0 radical (unpaired) electrons. The molecule has 1 aliphatic carbocycles. The monoisotopic (exact) mass is 239 g/mol. The lowest BCUT2D eigenvalue weighted by molar-refractivity contribution is 0.0974. The van der Waals surface area contributed by atoms with Gasteiger partial charge in [-0.1, -0.05) is 6.07 Å². The second kappa shape index (κ2) is 4.92. The number of nitrogens with one attached hydrogen (secondary N) is 1. The molecule has 2 rings (SSSR count). The van der Waals surface area contributed by atoms with E-state index in [1.165, 1.54) is 13.0 Å². The van der Waals surface area contributed by atoms with Crippen molar-refractivity contribution in [1.82, 2.24) is 5.32 Å². The molecular weight excluding hydrogens is 224 g/mol. The first-order valence-electron chi connectivity index (χ1n) is 5.81. The van der Waals surface area contributed by atoms with Gasteiger partial charge >= 0.3 is 0 Å². The smallest absolute Gasteiger partial charge is 0.170 e. The zero-order valence-electron chi connectivity index (χ0n) is 9.72. The maximum Gasteiger partial charge on any atom is 0.170 e. The van der Waals surface area contributed by atoms with E-state index in [2.05, 4.69) is 5.32 Å². The molecule has 2 nitrogen and oxygen atoms in total. The molecule has 1 saturated carbocycles. The fraction of sp³-hybridized carbons (Fsp3) is 0.462. The standard InChI is InChI=1S/C13H15F2NO/c1-8-2-5-10(14)12(13(8)15)11(17)6-7-16-9-3-4-9/h2,5,9,16H,3-4,6-7H2,1H3. The molecule has 4 heteroatoms. The van der Waals surface area contributed by atoms with Gasteiger partial charge in [0.1, 0.15) is 11.6 Å². The molecule has 1 aromatic rings. The molecule has 92 valence electrons. The van der Waals surface area contributed by atoms with Gasteiger partial charge in [-0.2, -0.15) is 0 Å². The fourth-order valence-corrected chi connectivity index (χ4v) is 1.71. The molecule has 1 fully saturated rings. The molecule has 0 amide bonds. The number of carbonyl (C=O) groups excluding carboxylic acids is 1. The zero-order valence-corrected chi connectivity index (χ0v) is 9.72. The molecule has 0 atom stereocenters. The minimum Gasteiger partial charge on any atom is -0.314 e. The molecule has 1 aromatic carbocycles. The normalized spacial score (nSPS) is 15.0. The molecule has 0 unspecified atom stereocenters. The number of rotatable bonds is 5. The van der Waals surface area contributed by atoms with Crippen LogP contribution >= 0.6 is 0 Å². The van der Waals surface area contributed by atoms with E-state index in [4.69, 9.17) is 0 Å². The van der Waals surface area contributed by atoms with Crippen molar-refractivity contribution in [1.29, 1.82) is 0 Å². The van der Waals surface area contributed by atoms with E-state index in [0.717, 1.165) is 18.9 Å². The first kappa shape index (κ1) is 12.2. The highest BCUT2D eigenvalue weighted by Crippen LogP contribution is 2.20. The quantitative estimate of drug-likeness (QED) is 0.800. The highest BCUT2D eigenvalue weighted by Gasteiger charge is 2.22. The summed E-state index contributed by atoms with van der Waals surface area (Å²) in [7, 11) is 0. The highest BCUT2D eigenvalue weighted by molar-refractivity contribution is 5.96. The SMILES string of the molecule is Cc1ccc(F)c(C(=O)CCNC2CC2)c1F. The van der Waals surface area contributed by atoms with E-state index in [1.54, 1.807) is 0 Å². The summed E-state index contributed by atoms with van der Waals surface area (Å²) in [6.45, 7) is 2.00. The predicted molar refractivity (Wildman–Crippen MR) is 61.1 cm³/mol. The van der Waals surface area contributed by atoms with Crippen LogP contribution in [-0.4, -0.2) is 18.4 Å². The summed E-state index contributed by atoms with van der Waals surface area (Å²) in [5.41, 5.74) is -0.104. The van der Waals surface area contributed by atoms with Crippen LogP contribution in [0.5, 0.6) is 0 Å². The van der Waals surface area contributed by atoms with Crippen molar-refractivity contribution in [2.24, 2.45) is 0 Å². The Kier molecular flexibility index (Phi) is 3.52. The molecule has 1 N–H and O–H groups in total. The molecule has 0 bridgehead atoms. The number of benzene rings is 1. The van der Waals surface area contributed by atoms with E-state index in [0.29, 0.717) is 18.2 Å². The van der Waals surface area contributed by atoms with Crippen LogP contribution in [0, 0.1) is 18.6 Å². The molecule has 1 aliphatic rings. The maximum atomic E-state index is 13.6. The second-order valence-electron chi connectivity index (χ2n) is 4.45. The lowest BCUT2D eigenvalue weighted by Gasteiger charge is -2.07. The Labute approximate surface area is 99.0 Å². The Balaban J connectivity index is 2.04. The molecule has 17 heavy (non-hydrogen) atoms. The number of Topliss-reactive ketones (excluding diaryl/α,β-unsaturated/α-hetero) is 1. The van der Waals surface area contributed by atoms with Crippen molar-refractivity contribution in [3.05, 3.63) is 34.9 Å². The Bertz CT molecular complexity index is 441. The van der Waals surface area contributed by atoms with Crippen molar-refractivity contribution < 1.29 is 13.6 Å². The van der Waals surface area contributed by atoms with Crippen LogP contribution in [0.1, 0.15) is 35.2 Å². The molecule has 0 saturated heterocycles. The van der Waals surface area contributed by atoms with Gasteiger partial charge in [-0.05, 0) is 31.4 Å². The number of ketones is 1. The molecule has 0 heterocycles. The van der Waals surface area contributed by atoms with Gasteiger partial charge in [0.05, 0.1) is 5.56 Å². The van der Waals surface area contributed by atoms with Crippen molar-refractivity contribution in [3.63, 3.8) is 0 Å². The summed E-state index contributed by atoms with van der Waals surface area (Å²) >= 11 is 0. The average molecular weight is 239 g/mol. The molecule has 0 aliphatic heterocycles. The van der Waals surface area contributed by atoms with Crippen LogP contribution in [0.3, 0.4) is 0 Å². The lowest BCUT2D eigenvalue weighted by Crippen LogP contribution is -2.21. The minimum atomic E-state index is -0.774. The van der Waals surface area contributed by atoms with Gasteiger partial charge < -0.3 is 5.32 Å². The number of halogens is 2. The van der Waals surface area contributed by atoms with E-state index >= 15 is 0 Å². The van der Waals surface area contributed by atoms with Crippen LogP contribution in [-0.2, 0) is 0 Å². The van der Waals surface area contributed by atoms with Gasteiger partial charge in [-0.3, -0.25) is 4.79 Å². The van der Waals surface area contributed by atoms with Crippen LogP contribution in [0.15, 0.2) is 12.1 Å². The summed E-state index contributed by atoms with van der Waals surface area (Å²) in [6.07, 6.45) is 2.39. The average Bonchev–Trinajstić information content (AvgIpc) is 3.08. The van der Waals surface area contributed by atoms with Crippen LogP contribution < -0.4 is 5.32 Å². The van der Waals surface area contributed by atoms with Crippen LogP contribution in [0.25, 0.3) is 0 Å². The summed E-state index contributed by atoms with van der Waals surface area (Å²) < 4.78 is 27.0. The third kappa shape index (κ3) is 2.88. The Hall–Kier alpha value is -1.29. The summed E-state index contributed by atoms with van der Waals surface area (Å²) in [6, 6.07) is 2.97. The van der Waals surface area contributed by atoms with Gasteiger partial charge in [0.2, 0.25) is 0 Å². The topological polar surface area (TPSA) is 29.1 Å². The molecule has 0 aromatic heterocycles. The third-order valence-electron chi connectivity index (χ3n) is 2.93. The number of aryl methyl sites for hydroxylation is 1. The van der Waals surface area contributed by atoms with Gasteiger partial charge in [0.15, 0.2) is 5.78 Å². The Morgan fingerprint density at radius 1 is 1.41 bits per heavy atom. The van der Waals surface area contributed by atoms with E-state index in [-0.39, 0.29) is 6.42 Å². The van der Waals surface area contributed by atoms with Crippen molar-refractivity contribution in [2.75, 3.05) is 6.54 Å². The van der Waals surface area contributed by atoms with Gasteiger partial charge in [0.25, 0.3) is 0 Å². The largest absolute Gasteiger partial charge is 0.314 e. The first-order chi connectivity index (χ1) is 8.09. The van der Waals surface area contributed by atoms with E-state index in [9.17, 15) is 13.6 Å². The van der Waals surface area contributed by atoms with Crippen LogP contribution in [0.2, 0.25) is 0 Å². The number of hydrogen-bond donors (Lipinski definition) is 1. The zero-order chi connectivity index (χ0) is 12.4. The van der Waals surface area contributed by atoms with Crippen molar-refractivity contribution in [3.8, 4) is 0 Å². The number of hydrogen-bond acceptors (Lipinski definition) is 2. The second-order valence-corrected chi connectivity index (χ2v) is 4.45. The Morgan fingerprint density at radius 2 is 2.12 bits per heavy atom. The van der Waals surface area contributed by atoms with Gasteiger partial charge in [0, 0.05) is 19.0 Å². The fourth-order valence-electron chi connectivity index (χ4n) is 1.71. The van der Waals surface area contributed by atoms with Crippen LogP contribution in [0.4, 0.5) is 8.78 Å². The van der Waals surface area contributed by atoms with Gasteiger partial charge in [-0.15, -0.1) is 0 Å². The van der Waals surface area contributed by atoms with E-state index in [1.807, 2.05) is 0 Å². The summed E-state index contributed by atoms with van der Waals surface area (Å²) in [5, 5.41) is 3.15. The molecule has 0 spiro atoms.